The molecule has 1 saturated heterocycles. The molecule has 120 valence electrons. The minimum Gasteiger partial charge on any atom is -0.379 e. The monoisotopic (exact) mass is 349 g/mol. The Labute approximate surface area is 131 Å². The van der Waals surface area contributed by atoms with Crippen molar-refractivity contribution in [3.8, 4) is 0 Å². The quantitative estimate of drug-likeness (QED) is 0.818. The highest BCUT2D eigenvalue weighted by Crippen LogP contribution is 2.38. The summed E-state index contributed by atoms with van der Waals surface area (Å²) in [6.07, 6.45) is 0. The minimum absolute atomic E-state index is 0.0832. The molecule has 1 aromatic rings. The number of thiophene rings is 1. The third-order valence-corrected chi connectivity index (χ3v) is 13.8. The Balaban J connectivity index is 2.25. The van der Waals surface area contributed by atoms with Crippen molar-refractivity contribution in [2.24, 2.45) is 0 Å². The van der Waals surface area contributed by atoms with E-state index in [1.807, 2.05) is 13.1 Å². The van der Waals surface area contributed by atoms with Crippen LogP contribution >= 0.6 is 11.3 Å². The van der Waals surface area contributed by atoms with Crippen LogP contribution in [0.4, 0.5) is 0 Å². The number of rotatable bonds is 4. The lowest BCUT2D eigenvalue weighted by molar-refractivity contribution is -0.182. The second-order valence-electron chi connectivity index (χ2n) is 7.12. The van der Waals surface area contributed by atoms with Crippen LogP contribution in [0, 0.1) is 0 Å². The molecule has 21 heavy (non-hydrogen) atoms. The van der Waals surface area contributed by atoms with E-state index in [-0.39, 0.29) is 22.5 Å². The van der Waals surface area contributed by atoms with Crippen LogP contribution in [0.5, 0.6) is 0 Å². The first-order valence-electron chi connectivity index (χ1n) is 6.82. The van der Waals surface area contributed by atoms with E-state index in [2.05, 4.69) is 25.2 Å². The van der Waals surface area contributed by atoms with E-state index in [0.29, 0.717) is 4.88 Å². The number of hydrogen-bond acceptors (Lipinski definition) is 5. The molecule has 0 bridgehead atoms. The fraction of sp³-hybridized carbons (Fsp3) is 0.692. The van der Waals surface area contributed by atoms with E-state index >= 15 is 0 Å². The highest BCUT2D eigenvalue weighted by atomic mass is 32.2. The molecule has 0 amide bonds. The lowest BCUT2D eigenvalue weighted by Crippen LogP contribution is -2.54. The third-order valence-electron chi connectivity index (χ3n) is 4.25. The smallest absolute Gasteiger partial charge is 0.244 e. The summed E-state index contributed by atoms with van der Waals surface area (Å²) >= 11 is 1.12. The molecule has 2 heterocycles. The molecular formula is C13H23NO4S2Si. The van der Waals surface area contributed by atoms with E-state index in [4.69, 9.17) is 4.74 Å². The molecule has 1 aromatic heterocycles. The Morgan fingerprint density at radius 1 is 1.33 bits per heavy atom. The van der Waals surface area contributed by atoms with E-state index in [0.717, 1.165) is 11.3 Å². The summed E-state index contributed by atoms with van der Waals surface area (Å²) in [5, 5.41) is 10.1. The van der Waals surface area contributed by atoms with E-state index in [1.165, 1.54) is 0 Å². The van der Waals surface area contributed by atoms with E-state index in [1.54, 1.807) is 12.1 Å². The Kier molecular flexibility index (Phi) is 4.19. The molecule has 1 fully saturated rings. The summed E-state index contributed by atoms with van der Waals surface area (Å²) < 4.78 is 33.3. The van der Waals surface area contributed by atoms with Crippen LogP contribution < -0.4 is 4.39 Å². The normalized spacial score (nSPS) is 19.3. The lowest BCUT2D eigenvalue weighted by atomic mass is 10.0. The molecule has 8 heteroatoms. The van der Waals surface area contributed by atoms with Gasteiger partial charge in [-0.15, -0.1) is 11.3 Å². The van der Waals surface area contributed by atoms with Crippen molar-refractivity contribution in [3.05, 3.63) is 17.0 Å². The molecule has 2 N–H and O–H groups in total. The van der Waals surface area contributed by atoms with Gasteiger partial charge in [0, 0.05) is 4.88 Å². The van der Waals surface area contributed by atoms with E-state index in [9.17, 15) is 13.5 Å². The summed E-state index contributed by atoms with van der Waals surface area (Å²) in [5.41, 5.74) is -1.02. The molecule has 2 rings (SSSR count). The molecule has 0 spiro atoms. The molecular weight excluding hydrogens is 326 g/mol. The Hall–Kier alpha value is -0.253. The average Bonchev–Trinajstić information content (AvgIpc) is 2.72. The first kappa shape index (κ1) is 17.1. The zero-order chi connectivity index (χ0) is 16.1. The number of aliphatic hydroxyl groups is 1. The van der Waals surface area contributed by atoms with Crippen LogP contribution in [0.15, 0.2) is 16.3 Å². The van der Waals surface area contributed by atoms with Crippen LogP contribution in [0.3, 0.4) is 0 Å². The first-order chi connectivity index (χ1) is 9.37. The molecule has 5 nitrogen and oxygen atoms in total. The van der Waals surface area contributed by atoms with Gasteiger partial charge in [0.15, 0.2) is 0 Å². The predicted octanol–water partition coefficient (Wildman–Crippen LogP) is 2.25. The lowest BCUT2D eigenvalue weighted by Gasteiger charge is -2.36. The van der Waals surface area contributed by atoms with Gasteiger partial charge in [-0.05, 0) is 17.2 Å². The fourth-order valence-corrected chi connectivity index (χ4v) is 8.13. The van der Waals surface area contributed by atoms with Crippen LogP contribution in [-0.2, 0) is 20.4 Å². The van der Waals surface area contributed by atoms with Crippen molar-refractivity contribution in [2.75, 3.05) is 13.2 Å². The number of nitrogens with one attached hydrogen (secondary N) is 1. The molecule has 0 saturated carbocycles. The van der Waals surface area contributed by atoms with Gasteiger partial charge in [0.05, 0.1) is 13.2 Å². The maximum absolute atomic E-state index is 12.6. The van der Waals surface area contributed by atoms with Crippen molar-refractivity contribution < 1.29 is 18.3 Å². The summed E-state index contributed by atoms with van der Waals surface area (Å²) in [4.78, 5) is 0.643. The fourth-order valence-electron chi connectivity index (χ4n) is 1.69. The van der Waals surface area contributed by atoms with Gasteiger partial charge >= 0.3 is 0 Å². The van der Waals surface area contributed by atoms with Crippen molar-refractivity contribution in [1.82, 2.24) is 4.39 Å². The van der Waals surface area contributed by atoms with Gasteiger partial charge in [0.2, 0.25) is 10.0 Å². The summed E-state index contributed by atoms with van der Waals surface area (Å²) in [7, 11) is -5.72. The van der Waals surface area contributed by atoms with Crippen LogP contribution in [-0.4, -0.2) is 35.0 Å². The highest BCUT2D eigenvalue weighted by molar-refractivity contribution is 7.93. The van der Waals surface area contributed by atoms with Gasteiger partial charge in [0.1, 0.15) is 18.0 Å². The Morgan fingerprint density at radius 3 is 2.33 bits per heavy atom. The molecule has 0 atom stereocenters. The van der Waals surface area contributed by atoms with Gasteiger partial charge < -0.3 is 9.84 Å². The van der Waals surface area contributed by atoms with E-state index < -0.39 is 23.9 Å². The molecule has 0 aliphatic carbocycles. The Morgan fingerprint density at radius 2 is 1.90 bits per heavy atom. The van der Waals surface area contributed by atoms with Crippen LogP contribution in [0.25, 0.3) is 0 Å². The summed E-state index contributed by atoms with van der Waals surface area (Å²) in [6, 6.07) is 3.24. The van der Waals surface area contributed by atoms with Crippen molar-refractivity contribution >= 4 is 29.6 Å². The third kappa shape index (κ3) is 3.25. The van der Waals surface area contributed by atoms with Crippen molar-refractivity contribution in [1.29, 1.82) is 0 Å². The molecule has 0 unspecified atom stereocenters. The summed E-state index contributed by atoms with van der Waals surface area (Å²) in [6.45, 7) is 10.6. The SMILES string of the molecule is CC(C)(C)[Si](C)(C)NS(=O)(=O)c1ccc(C2(O)COC2)s1. The predicted molar refractivity (Wildman–Crippen MR) is 86.6 cm³/mol. The second kappa shape index (κ2) is 5.14. The van der Waals surface area contributed by atoms with Gasteiger partial charge in [-0.1, -0.05) is 33.9 Å². The highest BCUT2D eigenvalue weighted by Gasteiger charge is 2.42. The van der Waals surface area contributed by atoms with Crippen LogP contribution in [0.2, 0.25) is 18.1 Å². The van der Waals surface area contributed by atoms with Gasteiger partial charge in [-0.25, -0.2) is 12.8 Å². The standard InChI is InChI=1S/C13H23NO4S2Si/c1-12(2,3)21(4,5)14-20(16,17)11-7-6-10(19-11)13(15)8-18-9-13/h6-7,14-15H,8-9H2,1-5H3. The van der Waals surface area contributed by atoms with Crippen molar-refractivity contribution in [2.45, 2.75) is 48.7 Å². The summed E-state index contributed by atoms with van der Waals surface area (Å²) in [5.74, 6) is 0. The number of ether oxygens (including phenoxy) is 1. The molecule has 1 aliphatic rings. The Bertz CT molecular complexity index is 627. The maximum Gasteiger partial charge on any atom is 0.244 e. The van der Waals surface area contributed by atoms with Gasteiger partial charge in [-0.2, -0.15) is 0 Å². The zero-order valence-corrected chi connectivity index (χ0v) is 15.7. The first-order valence-corrected chi connectivity index (χ1v) is 12.1. The number of sulfonamides is 1. The average molecular weight is 350 g/mol. The zero-order valence-electron chi connectivity index (χ0n) is 13.1. The van der Waals surface area contributed by atoms with Crippen molar-refractivity contribution in [3.63, 3.8) is 0 Å². The minimum atomic E-state index is -3.55. The number of hydrogen-bond donors (Lipinski definition) is 2. The van der Waals surface area contributed by atoms with Crippen LogP contribution in [0.1, 0.15) is 25.6 Å². The van der Waals surface area contributed by atoms with Gasteiger partial charge in [-0.3, -0.25) is 0 Å². The molecule has 1 aliphatic heterocycles. The topological polar surface area (TPSA) is 75.6 Å². The molecule has 0 aromatic carbocycles. The van der Waals surface area contributed by atoms with Gasteiger partial charge in [0.25, 0.3) is 0 Å². The second-order valence-corrected chi connectivity index (χ2v) is 15.5. The molecule has 0 radical (unpaired) electrons. The largest absolute Gasteiger partial charge is 0.379 e. The maximum atomic E-state index is 12.6.